The summed E-state index contributed by atoms with van der Waals surface area (Å²) in [6.45, 7) is 3.49. The van der Waals surface area contributed by atoms with Crippen molar-refractivity contribution in [3.8, 4) is 11.5 Å². The summed E-state index contributed by atoms with van der Waals surface area (Å²) in [6.07, 6.45) is 2.82. The third-order valence-corrected chi connectivity index (χ3v) is 6.05. The van der Waals surface area contributed by atoms with E-state index in [9.17, 15) is 9.59 Å². The molecule has 2 aliphatic rings. The lowest BCUT2D eigenvalue weighted by Crippen LogP contribution is -2.49. The van der Waals surface area contributed by atoms with Gasteiger partial charge in [0.05, 0.1) is 50.3 Å². The summed E-state index contributed by atoms with van der Waals surface area (Å²) in [6, 6.07) is 9.02. The highest BCUT2D eigenvalue weighted by molar-refractivity contribution is 5.96. The van der Waals surface area contributed by atoms with Gasteiger partial charge < -0.3 is 29.2 Å². The number of fused-ring (bicyclic) bond motifs is 5. The second-order valence-electron chi connectivity index (χ2n) is 8.65. The molecule has 0 unspecified atom stereocenters. The predicted molar refractivity (Wildman–Crippen MR) is 127 cm³/mol. The fraction of sp³-hybridized carbons (Fsp3) is 0.480. The molecule has 0 radical (unpaired) electrons. The molecular weight excluding hydrogens is 452 g/mol. The van der Waals surface area contributed by atoms with Crippen LogP contribution in [0.1, 0.15) is 15.9 Å². The van der Waals surface area contributed by atoms with Crippen LogP contribution in [0, 0.1) is 0 Å². The number of likely N-dealkylation sites (tertiary alicyclic amines) is 1. The molecule has 2 aromatic rings. The first-order valence-electron chi connectivity index (χ1n) is 11.7. The monoisotopic (exact) mass is 484 g/mol. The molecule has 1 saturated heterocycles. The number of hydrogen-bond donors (Lipinski definition) is 1. The minimum absolute atomic E-state index is 0.104. The van der Waals surface area contributed by atoms with E-state index in [1.807, 2.05) is 24.3 Å². The first-order valence-corrected chi connectivity index (χ1v) is 11.7. The Morgan fingerprint density at radius 2 is 1.89 bits per heavy atom. The first kappa shape index (κ1) is 25.1. The number of benzene rings is 1. The Hall–Kier alpha value is -3.05. The number of carbonyl (C=O) groups excluding carboxylic acids is 2. The van der Waals surface area contributed by atoms with E-state index in [1.54, 1.807) is 26.5 Å². The van der Waals surface area contributed by atoms with Crippen LogP contribution in [-0.4, -0.2) is 98.9 Å². The molecule has 2 atom stereocenters. The first-order chi connectivity index (χ1) is 17.1. The highest BCUT2D eigenvalue weighted by Gasteiger charge is 2.35. The third-order valence-electron chi connectivity index (χ3n) is 6.05. The van der Waals surface area contributed by atoms with E-state index < -0.39 is 0 Å². The van der Waals surface area contributed by atoms with Crippen molar-refractivity contribution in [3.05, 3.63) is 53.9 Å². The molecule has 1 fully saturated rings. The van der Waals surface area contributed by atoms with Crippen molar-refractivity contribution >= 4 is 11.8 Å². The average Bonchev–Trinajstić information content (AvgIpc) is 3.24. The van der Waals surface area contributed by atoms with Crippen molar-refractivity contribution in [2.24, 2.45) is 0 Å². The number of pyridine rings is 1. The lowest BCUT2D eigenvalue weighted by Gasteiger charge is -2.25. The molecule has 1 aromatic heterocycles. The summed E-state index contributed by atoms with van der Waals surface area (Å²) in [5.74, 6) is 0.480. The Bertz CT molecular complexity index is 1020. The molecule has 0 aliphatic carbocycles. The normalized spacial score (nSPS) is 21.4. The fourth-order valence-electron chi connectivity index (χ4n) is 4.25. The van der Waals surface area contributed by atoms with Gasteiger partial charge in [0.2, 0.25) is 5.91 Å². The molecule has 0 saturated carbocycles. The number of nitrogens with zero attached hydrogens (tertiary/aromatic N) is 3. The van der Waals surface area contributed by atoms with Gasteiger partial charge in [-0.1, -0.05) is 12.1 Å². The molecule has 4 bridgehead atoms. The number of methoxy groups -OCH3 is 2. The summed E-state index contributed by atoms with van der Waals surface area (Å²) in [4.78, 5) is 34.1. The van der Waals surface area contributed by atoms with Crippen LogP contribution in [0.15, 0.2) is 42.7 Å². The van der Waals surface area contributed by atoms with Crippen molar-refractivity contribution < 1.29 is 28.5 Å². The number of carbonyl (C=O) groups is 2. The Balaban J connectivity index is 1.62. The quantitative estimate of drug-likeness (QED) is 0.655. The highest BCUT2D eigenvalue weighted by Crippen LogP contribution is 2.24. The molecule has 10 heteroatoms. The predicted octanol–water partition coefficient (Wildman–Crippen LogP) is 1.31. The number of nitrogens with one attached hydrogen (secondary N) is 1. The smallest absolute Gasteiger partial charge is 0.256 e. The van der Waals surface area contributed by atoms with Crippen molar-refractivity contribution in [1.29, 1.82) is 0 Å². The summed E-state index contributed by atoms with van der Waals surface area (Å²) in [5, 5.41) is 3.09. The number of amides is 2. The number of ether oxygens (including phenoxy) is 4. The molecule has 35 heavy (non-hydrogen) atoms. The zero-order chi connectivity index (χ0) is 24.6. The zero-order valence-electron chi connectivity index (χ0n) is 20.1. The SMILES string of the molecule is COCCN1C[C@@H]2NC(=O)CN(CCOC)C(=O)c3cncc(c3)Oc3cccc(c3)CO[C@H]2C1. The molecule has 10 nitrogen and oxygen atoms in total. The van der Waals surface area contributed by atoms with Crippen LogP contribution in [0.2, 0.25) is 0 Å². The molecule has 1 aromatic carbocycles. The molecule has 2 aliphatic heterocycles. The lowest BCUT2D eigenvalue weighted by atomic mass is 10.2. The van der Waals surface area contributed by atoms with E-state index in [0.29, 0.717) is 50.0 Å². The summed E-state index contributed by atoms with van der Waals surface area (Å²) >= 11 is 0. The van der Waals surface area contributed by atoms with E-state index >= 15 is 0 Å². The largest absolute Gasteiger partial charge is 0.456 e. The van der Waals surface area contributed by atoms with E-state index in [4.69, 9.17) is 18.9 Å². The Morgan fingerprint density at radius 1 is 1.06 bits per heavy atom. The van der Waals surface area contributed by atoms with Gasteiger partial charge in [-0.3, -0.25) is 19.5 Å². The number of hydrogen-bond acceptors (Lipinski definition) is 8. The van der Waals surface area contributed by atoms with Crippen LogP contribution < -0.4 is 10.1 Å². The Morgan fingerprint density at radius 3 is 2.71 bits per heavy atom. The van der Waals surface area contributed by atoms with Crippen molar-refractivity contribution in [3.63, 3.8) is 0 Å². The van der Waals surface area contributed by atoms with Crippen molar-refractivity contribution in [1.82, 2.24) is 20.1 Å². The molecule has 0 spiro atoms. The highest BCUT2D eigenvalue weighted by atomic mass is 16.5. The molecule has 188 valence electrons. The molecule has 3 heterocycles. The van der Waals surface area contributed by atoms with Crippen LogP contribution in [0.3, 0.4) is 0 Å². The van der Waals surface area contributed by atoms with E-state index in [2.05, 4.69) is 15.2 Å². The van der Waals surface area contributed by atoms with Gasteiger partial charge in [-0.25, -0.2) is 0 Å². The number of rotatable bonds is 6. The Labute approximate surface area is 205 Å². The average molecular weight is 485 g/mol. The van der Waals surface area contributed by atoms with Crippen molar-refractivity contribution in [2.45, 2.75) is 18.8 Å². The maximum absolute atomic E-state index is 13.3. The molecular formula is C25H32N4O6. The van der Waals surface area contributed by atoms with Gasteiger partial charge in [0.1, 0.15) is 11.5 Å². The second-order valence-corrected chi connectivity index (χ2v) is 8.65. The standard InChI is InChI=1S/C25H32N4O6/c1-32-8-6-28-14-22-23(15-28)34-17-18-4-3-5-20(10-18)35-21-11-19(12-26-13-21)25(31)29(7-9-33-2)16-24(30)27-22/h3-5,10-13,22-23H,6-9,14-17H2,1-2H3,(H,27,30)/t22-,23-/m0/s1. The van der Waals surface area contributed by atoms with Gasteiger partial charge >= 0.3 is 0 Å². The van der Waals surface area contributed by atoms with Gasteiger partial charge in [0.15, 0.2) is 0 Å². The maximum Gasteiger partial charge on any atom is 0.256 e. The van der Waals surface area contributed by atoms with Gasteiger partial charge in [-0.05, 0) is 23.8 Å². The van der Waals surface area contributed by atoms with Crippen LogP contribution in [0.5, 0.6) is 11.5 Å². The van der Waals surface area contributed by atoms with Crippen LogP contribution >= 0.6 is 0 Å². The van der Waals surface area contributed by atoms with Crippen LogP contribution in [0.4, 0.5) is 0 Å². The summed E-state index contributed by atoms with van der Waals surface area (Å²) < 4.78 is 22.6. The topological polar surface area (TPSA) is 102 Å². The lowest BCUT2D eigenvalue weighted by molar-refractivity contribution is -0.123. The summed E-state index contributed by atoms with van der Waals surface area (Å²) in [5.41, 5.74) is 1.28. The van der Waals surface area contributed by atoms with Crippen molar-refractivity contribution in [2.75, 3.05) is 60.2 Å². The van der Waals surface area contributed by atoms with Gasteiger partial charge in [0, 0.05) is 46.6 Å². The molecule has 4 rings (SSSR count). The zero-order valence-corrected chi connectivity index (χ0v) is 20.1. The third kappa shape index (κ3) is 6.76. The maximum atomic E-state index is 13.3. The van der Waals surface area contributed by atoms with E-state index in [-0.39, 0.29) is 37.0 Å². The minimum atomic E-state index is -0.322. The molecule has 2 amide bonds. The summed E-state index contributed by atoms with van der Waals surface area (Å²) in [7, 11) is 3.22. The van der Waals surface area contributed by atoms with Crippen LogP contribution in [0.25, 0.3) is 0 Å². The van der Waals surface area contributed by atoms with Gasteiger partial charge in [-0.2, -0.15) is 0 Å². The number of aromatic nitrogens is 1. The van der Waals surface area contributed by atoms with Gasteiger partial charge in [-0.15, -0.1) is 0 Å². The molecule has 1 N–H and O–H groups in total. The Kier molecular flexibility index (Phi) is 8.64. The van der Waals surface area contributed by atoms with Gasteiger partial charge in [0.25, 0.3) is 5.91 Å². The minimum Gasteiger partial charge on any atom is -0.456 e. The van der Waals surface area contributed by atoms with E-state index in [0.717, 1.165) is 12.1 Å². The van der Waals surface area contributed by atoms with E-state index in [1.165, 1.54) is 11.1 Å². The van der Waals surface area contributed by atoms with Crippen LogP contribution in [-0.2, 0) is 25.6 Å². The fourth-order valence-corrected chi connectivity index (χ4v) is 4.25. The second kappa shape index (κ2) is 12.1.